The second-order valence-corrected chi connectivity index (χ2v) is 4.93. The Morgan fingerprint density at radius 3 is 2.27 bits per heavy atom. The van der Waals surface area contributed by atoms with E-state index < -0.39 is 0 Å². The number of hydrogen-bond acceptors (Lipinski definition) is 4. The molecule has 0 amide bonds. The van der Waals surface area contributed by atoms with Crippen molar-refractivity contribution < 1.29 is 14.2 Å². The van der Waals surface area contributed by atoms with Crippen LogP contribution in [0.15, 0.2) is 42.5 Å². The van der Waals surface area contributed by atoms with Crippen molar-refractivity contribution in [2.75, 3.05) is 19.8 Å². The van der Waals surface area contributed by atoms with E-state index in [0.717, 1.165) is 17.1 Å². The third-order valence-corrected chi connectivity index (χ3v) is 3.17. The molecule has 4 nitrogen and oxygen atoms in total. The van der Waals surface area contributed by atoms with Crippen LogP contribution in [-0.2, 0) is 6.54 Å². The van der Waals surface area contributed by atoms with E-state index in [0.29, 0.717) is 32.1 Å². The molecule has 0 fully saturated rings. The fourth-order valence-corrected chi connectivity index (χ4v) is 2.01. The lowest BCUT2D eigenvalue weighted by atomic mass is 10.2. The number of nitrogens with two attached hydrogens (primary N) is 1. The molecular formula is C18H23NO3. The zero-order chi connectivity index (χ0) is 15.8. The lowest BCUT2D eigenvalue weighted by Gasteiger charge is -2.13. The molecule has 0 saturated heterocycles. The van der Waals surface area contributed by atoms with E-state index in [1.54, 1.807) is 0 Å². The second-order valence-electron chi connectivity index (χ2n) is 4.93. The lowest BCUT2D eigenvalue weighted by Crippen LogP contribution is -2.10. The Morgan fingerprint density at radius 1 is 0.864 bits per heavy atom. The Balaban J connectivity index is 1.86. The van der Waals surface area contributed by atoms with E-state index in [2.05, 4.69) is 0 Å². The highest BCUT2D eigenvalue weighted by atomic mass is 16.5. The smallest absolute Gasteiger partial charge is 0.161 e. The highest BCUT2D eigenvalue weighted by molar-refractivity contribution is 5.43. The van der Waals surface area contributed by atoms with E-state index >= 15 is 0 Å². The molecule has 0 saturated carbocycles. The first-order valence-corrected chi connectivity index (χ1v) is 7.51. The molecule has 2 N–H and O–H groups in total. The van der Waals surface area contributed by atoms with Crippen molar-refractivity contribution in [1.82, 2.24) is 0 Å². The molecule has 0 aliphatic rings. The van der Waals surface area contributed by atoms with Gasteiger partial charge in [-0.15, -0.1) is 0 Å². The molecule has 0 bridgehead atoms. The van der Waals surface area contributed by atoms with Gasteiger partial charge in [0, 0.05) is 6.54 Å². The maximum Gasteiger partial charge on any atom is 0.161 e. The van der Waals surface area contributed by atoms with Gasteiger partial charge in [0.05, 0.1) is 6.61 Å². The van der Waals surface area contributed by atoms with Gasteiger partial charge in [-0.25, -0.2) is 0 Å². The van der Waals surface area contributed by atoms with Crippen molar-refractivity contribution in [3.05, 3.63) is 53.6 Å². The van der Waals surface area contributed by atoms with Crippen LogP contribution in [0.4, 0.5) is 0 Å². The SMILES string of the molecule is CCOc1cc(CN)ccc1OCCOc1ccc(C)cc1. The molecule has 0 radical (unpaired) electrons. The molecule has 22 heavy (non-hydrogen) atoms. The summed E-state index contributed by atoms with van der Waals surface area (Å²) in [4.78, 5) is 0. The third-order valence-electron chi connectivity index (χ3n) is 3.17. The van der Waals surface area contributed by atoms with Crippen LogP contribution in [-0.4, -0.2) is 19.8 Å². The first-order chi connectivity index (χ1) is 10.7. The molecule has 0 aliphatic carbocycles. The lowest BCUT2D eigenvalue weighted by molar-refractivity contribution is 0.208. The van der Waals surface area contributed by atoms with Crippen molar-refractivity contribution in [2.45, 2.75) is 20.4 Å². The van der Waals surface area contributed by atoms with Gasteiger partial charge in [0.25, 0.3) is 0 Å². The highest BCUT2D eigenvalue weighted by Crippen LogP contribution is 2.28. The van der Waals surface area contributed by atoms with Crippen LogP contribution in [0, 0.1) is 6.92 Å². The Hall–Kier alpha value is -2.20. The Kier molecular flexibility index (Phi) is 6.10. The van der Waals surface area contributed by atoms with Crippen molar-refractivity contribution >= 4 is 0 Å². The van der Waals surface area contributed by atoms with Gasteiger partial charge in [0.1, 0.15) is 19.0 Å². The molecule has 0 atom stereocenters. The topological polar surface area (TPSA) is 53.7 Å². The first kappa shape index (κ1) is 16.2. The van der Waals surface area contributed by atoms with Gasteiger partial charge in [0.15, 0.2) is 11.5 Å². The predicted octanol–water partition coefficient (Wildman–Crippen LogP) is 3.31. The van der Waals surface area contributed by atoms with Crippen LogP contribution in [0.25, 0.3) is 0 Å². The number of hydrogen-bond donors (Lipinski definition) is 1. The first-order valence-electron chi connectivity index (χ1n) is 7.51. The summed E-state index contributed by atoms with van der Waals surface area (Å²) >= 11 is 0. The minimum atomic E-state index is 0.454. The fraction of sp³-hybridized carbons (Fsp3) is 0.333. The molecule has 0 aromatic heterocycles. The Labute approximate surface area is 131 Å². The second kappa shape index (κ2) is 8.29. The summed E-state index contributed by atoms with van der Waals surface area (Å²) in [5.74, 6) is 2.28. The predicted molar refractivity (Wildman–Crippen MR) is 87.7 cm³/mol. The van der Waals surface area contributed by atoms with Crippen molar-refractivity contribution in [2.24, 2.45) is 5.73 Å². The Bertz CT molecular complexity index is 581. The van der Waals surface area contributed by atoms with Crippen LogP contribution in [0.5, 0.6) is 17.2 Å². The van der Waals surface area contributed by atoms with E-state index in [9.17, 15) is 0 Å². The van der Waals surface area contributed by atoms with Gasteiger partial charge in [0.2, 0.25) is 0 Å². The number of rotatable bonds is 8. The van der Waals surface area contributed by atoms with E-state index in [4.69, 9.17) is 19.9 Å². The van der Waals surface area contributed by atoms with Crippen LogP contribution < -0.4 is 19.9 Å². The summed E-state index contributed by atoms with van der Waals surface area (Å²) in [7, 11) is 0. The average Bonchev–Trinajstić information content (AvgIpc) is 2.54. The van der Waals surface area contributed by atoms with E-state index in [1.165, 1.54) is 5.56 Å². The molecule has 0 spiro atoms. The van der Waals surface area contributed by atoms with Gasteiger partial charge in [-0.2, -0.15) is 0 Å². The van der Waals surface area contributed by atoms with Crippen LogP contribution >= 0.6 is 0 Å². The molecule has 0 heterocycles. The normalized spacial score (nSPS) is 10.3. The summed E-state index contributed by atoms with van der Waals surface area (Å²) in [5, 5.41) is 0. The third kappa shape index (κ3) is 4.67. The van der Waals surface area contributed by atoms with Gasteiger partial charge in [-0.05, 0) is 43.7 Å². The van der Waals surface area contributed by atoms with E-state index in [-0.39, 0.29) is 0 Å². The molecule has 0 aliphatic heterocycles. The summed E-state index contributed by atoms with van der Waals surface area (Å²) in [6.45, 7) is 6.00. The molecular weight excluding hydrogens is 278 g/mol. The largest absolute Gasteiger partial charge is 0.490 e. The minimum Gasteiger partial charge on any atom is -0.490 e. The average molecular weight is 301 g/mol. The molecule has 2 rings (SSSR count). The quantitative estimate of drug-likeness (QED) is 0.760. The molecule has 2 aromatic carbocycles. The zero-order valence-corrected chi connectivity index (χ0v) is 13.2. The number of benzene rings is 2. The molecule has 118 valence electrons. The van der Waals surface area contributed by atoms with Crippen molar-refractivity contribution in [3.8, 4) is 17.2 Å². The summed E-state index contributed by atoms with van der Waals surface area (Å²) in [5.41, 5.74) is 7.88. The monoisotopic (exact) mass is 301 g/mol. The van der Waals surface area contributed by atoms with Gasteiger partial charge < -0.3 is 19.9 Å². The fourth-order valence-electron chi connectivity index (χ4n) is 2.01. The van der Waals surface area contributed by atoms with Gasteiger partial charge in [-0.3, -0.25) is 0 Å². The minimum absolute atomic E-state index is 0.454. The van der Waals surface area contributed by atoms with Crippen LogP contribution in [0.3, 0.4) is 0 Å². The zero-order valence-electron chi connectivity index (χ0n) is 13.2. The highest BCUT2D eigenvalue weighted by Gasteiger charge is 2.06. The summed E-state index contributed by atoms with van der Waals surface area (Å²) < 4.78 is 17.0. The standard InChI is InChI=1S/C18H23NO3/c1-3-20-18-12-15(13-19)6-9-17(18)22-11-10-21-16-7-4-14(2)5-8-16/h4-9,12H,3,10-11,13,19H2,1-2H3. The summed E-state index contributed by atoms with van der Waals surface area (Å²) in [6.07, 6.45) is 0. The Morgan fingerprint density at radius 2 is 1.59 bits per heavy atom. The number of aryl methyl sites for hydroxylation is 1. The molecule has 0 unspecified atom stereocenters. The molecule has 2 aromatic rings. The van der Waals surface area contributed by atoms with E-state index in [1.807, 2.05) is 56.3 Å². The maximum absolute atomic E-state index is 5.74. The van der Waals surface area contributed by atoms with Gasteiger partial charge >= 0.3 is 0 Å². The summed E-state index contributed by atoms with van der Waals surface area (Å²) in [6, 6.07) is 13.7. The van der Waals surface area contributed by atoms with Crippen LogP contribution in [0.1, 0.15) is 18.1 Å². The number of ether oxygens (including phenoxy) is 3. The molecule has 4 heteroatoms. The maximum atomic E-state index is 5.74. The van der Waals surface area contributed by atoms with Gasteiger partial charge in [-0.1, -0.05) is 23.8 Å². The van der Waals surface area contributed by atoms with Crippen molar-refractivity contribution in [3.63, 3.8) is 0 Å². The van der Waals surface area contributed by atoms with Crippen molar-refractivity contribution in [1.29, 1.82) is 0 Å². The van der Waals surface area contributed by atoms with Crippen LogP contribution in [0.2, 0.25) is 0 Å².